The van der Waals surface area contributed by atoms with Gasteiger partial charge in [0.15, 0.2) is 0 Å². The van der Waals surface area contributed by atoms with Crippen molar-refractivity contribution in [1.82, 2.24) is 18.7 Å². The smallest absolute Gasteiger partial charge is 0.0645 e. The predicted molar refractivity (Wildman–Crippen MR) is 196 cm³/mol. The van der Waals surface area contributed by atoms with Gasteiger partial charge in [-0.05, 0) is 60.7 Å². The minimum atomic E-state index is 1.06. The van der Waals surface area contributed by atoms with E-state index in [1.807, 2.05) is 18.5 Å². The number of nitrogens with zero attached hydrogens (tertiary/aromatic N) is 4. The Labute approximate surface area is 269 Å². The third-order valence-electron chi connectivity index (χ3n) is 10.1. The normalized spacial score (nSPS) is 12.3. The van der Waals surface area contributed by atoms with Crippen LogP contribution >= 0.6 is 0 Å². The minimum Gasteiger partial charge on any atom is -0.309 e. The maximum absolute atomic E-state index is 4.52. The summed E-state index contributed by atoms with van der Waals surface area (Å²) in [5, 5.41) is 10.1. The molecule has 47 heavy (non-hydrogen) atoms. The second-order valence-corrected chi connectivity index (χ2v) is 12.4. The van der Waals surface area contributed by atoms with E-state index in [9.17, 15) is 0 Å². The van der Waals surface area contributed by atoms with E-state index in [2.05, 4.69) is 158 Å². The van der Waals surface area contributed by atoms with Crippen molar-refractivity contribution in [2.75, 3.05) is 0 Å². The van der Waals surface area contributed by atoms with E-state index >= 15 is 0 Å². The Morgan fingerprint density at radius 3 is 1.15 bits per heavy atom. The minimum absolute atomic E-state index is 1.06. The molecule has 0 atom stereocenters. The van der Waals surface area contributed by atoms with Gasteiger partial charge in [0.2, 0.25) is 0 Å². The Morgan fingerprint density at radius 2 is 0.745 bits per heavy atom. The lowest BCUT2D eigenvalue weighted by molar-refractivity contribution is 1.14. The molecule has 218 valence electrons. The fourth-order valence-corrected chi connectivity index (χ4v) is 8.24. The highest BCUT2D eigenvalue weighted by molar-refractivity contribution is 6.28. The molecule has 11 aromatic rings. The SMILES string of the molecule is c1cncc(-n2c3ccc(-n4c5ccccc5c5ccccc54)c4ccc5c(-n6c7ccccc7c7ccccc76)ccc2c5c43)c1. The van der Waals surface area contributed by atoms with Gasteiger partial charge in [-0.15, -0.1) is 0 Å². The van der Waals surface area contributed by atoms with E-state index < -0.39 is 0 Å². The molecule has 4 heterocycles. The van der Waals surface area contributed by atoms with Gasteiger partial charge in [-0.3, -0.25) is 4.98 Å². The molecule has 0 N–H and O–H groups in total. The van der Waals surface area contributed by atoms with Crippen molar-refractivity contribution in [3.05, 3.63) is 158 Å². The quantitative estimate of drug-likeness (QED) is 0.186. The number of fused-ring (bicyclic) bond motifs is 6. The first-order chi connectivity index (χ1) is 23.4. The van der Waals surface area contributed by atoms with Crippen LogP contribution in [0.25, 0.3) is 93.3 Å². The van der Waals surface area contributed by atoms with Crippen molar-refractivity contribution < 1.29 is 0 Å². The third-order valence-corrected chi connectivity index (χ3v) is 10.1. The summed E-state index contributed by atoms with van der Waals surface area (Å²) in [5.74, 6) is 0. The molecule has 11 rings (SSSR count). The third kappa shape index (κ3) is 3.19. The van der Waals surface area contributed by atoms with Crippen LogP contribution in [0.3, 0.4) is 0 Å². The molecular weight excluding hydrogens is 573 g/mol. The molecule has 0 radical (unpaired) electrons. The van der Waals surface area contributed by atoms with E-state index in [-0.39, 0.29) is 0 Å². The van der Waals surface area contributed by atoms with Crippen LogP contribution < -0.4 is 0 Å². The fraction of sp³-hybridized carbons (Fsp3) is 0. The second-order valence-electron chi connectivity index (χ2n) is 12.4. The molecule has 4 heteroatoms. The van der Waals surface area contributed by atoms with Gasteiger partial charge in [0.1, 0.15) is 0 Å². The van der Waals surface area contributed by atoms with Crippen LogP contribution in [0.4, 0.5) is 0 Å². The number of pyridine rings is 1. The number of benzene rings is 7. The number of para-hydroxylation sites is 4. The van der Waals surface area contributed by atoms with Gasteiger partial charge < -0.3 is 13.7 Å². The highest BCUT2D eigenvalue weighted by atomic mass is 15.0. The van der Waals surface area contributed by atoms with Crippen LogP contribution in [0.1, 0.15) is 0 Å². The monoisotopic (exact) mass is 598 g/mol. The van der Waals surface area contributed by atoms with Crippen molar-refractivity contribution in [2.24, 2.45) is 0 Å². The average Bonchev–Trinajstić information content (AvgIpc) is 3.78. The topological polar surface area (TPSA) is 27.7 Å². The van der Waals surface area contributed by atoms with Crippen LogP contribution in [-0.2, 0) is 0 Å². The summed E-state index contributed by atoms with van der Waals surface area (Å²) in [7, 11) is 0. The highest BCUT2D eigenvalue weighted by Gasteiger charge is 2.23. The molecule has 4 nitrogen and oxygen atoms in total. The van der Waals surface area contributed by atoms with E-state index in [1.54, 1.807) is 0 Å². The molecule has 0 fully saturated rings. The van der Waals surface area contributed by atoms with Crippen LogP contribution in [-0.4, -0.2) is 18.7 Å². The lowest BCUT2D eigenvalue weighted by atomic mass is 9.99. The van der Waals surface area contributed by atoms with E-state index in [4.69, 9.17) is 0 Å². The van der Waals surface area contributed by atoms with Gasteiger partial charge in [0.25, 0.3) is 0 Å². The van der Waals surface area contributed by atoms with Gasteiger partial charge in [0, 0.05) is 49.3 Å². The lowest BCUT2D eigenvalue weighted by Gasteiger charge is -2.15. The van der Waals surface area contributed by atoms with E-state index in [0.717, 1.165) is 5.69 Å². The molecule has 0 saturated heterocycles. The van der Waals surface area contributed by atoms with Crippen LogP contribution in [0.15, 0.2) is 158 Å². The molecule has 4 aromatic heterocycles. The first kappa shape index (κ1) is 24.9. The van der Waals surface area contributed by atoms with Crippen molar-refractivity contribution in [1.29, 1.82) is 0 Å². The van der Waals surface area contributed by atoms with Crippen molar-refractivity contribution in [3.63, 3.8) is 0 Å². The highest BCUT2D eigenvalue weighted by Crippen LogP contribution is 2.45. The van der Waals surface area contributed by atoms with Crippen molar-refractivity contribution in [2.45, 2.75) is 0 Å². The van der Waals surface area contributed by atoms with Gasteiger partial charge in [0.05, 0.1) is 56.4 Å². The summed E-state index contributed by atoms with van der Waals surface area (Å²) in [6, 6.07) is 53.0. The zero-order valence-corrected chi connectivity index (χ0v) is 25.3. The van der Waals surface area contributed by atoms with E-state index in [0.29, 0.717) is 0 Å². The molecule has 0 amide bonds. The molecule has 7 aromatic carbocycles. The Kier molecular flexibility index (Phi) is 4.81. The van der Waals surface area contributed by atoms with Crippen molar-refractivity contribution >= 4 is 76.2 Å². The Hall–Kier alpha value is -6.39. The van der Waals surface area contributed by atoms with E-state index in [1.165, 1.54) is 87.6 Å². The summed E-state index contributed by atoms with van der Waals surface area (Å²) >= 11 is 0. The number of hydrogen-bond donors (Lipinski definition) is 0. The zero-order chi connectivity index (χ0) is 30.6. The summed E-state index contributed by atoms with van der Waals surface area (Å²) in [6.45, 7) is 0. The number of rotatable bonds is 3. The zero-order valence-electron chi connectivity index (χ0n) is 25.3. The van der Waals surface area contributed by atoms with Gasteiger partial charge in [-0.25, -0.2) is 0 Å². The van der Waals surface area contributed by atoms with Gasteiger partial charge in [-0.2, -0.15) is 0 Å². The molecule has 0 aliphatic carbocycles. The number of hydrogen-bond acceptors (Lipinski definition) is 1. The summed E-state index contributed by atoms with van der Waals surface area (Å²) in [6.07, 6.45) is 3.81. The average molecular weight is 599 g/mol. The summed E-state index contributed by atoms with van der Waals surface area (Å²) in [4.78, 5) is 4.52. The van der Waals surface area contributed by atoms with Crippen LogP contribution in [0.5, 0.6) is 0 Å². The summed E-state index contributed by atoms with van der Waals surface area (Å²) in [5.41, 5.74) is 10.6. The second kappa shape index (κ2) is 9.09. The maximum atomic E-state index is 4.52. The Morgan fingerprint density at radius 1 is 0.319 bits per heavy atom. The standard InChI is InChI=1S/C43H26N4/c1-5-15-34-28(11-1)29-12-2-6-16-35(29)46(34)38-21-23-40-42-32(38)19-20-33-39(22-24-41(43(33)42)45(40)27-10-9-25-44-26-27)47-36-17-7-3-13-30(36)31-14-4-8-18-37(31)47/h1-26H. The number of aromatic nitrogens is 4. The summed E-state index contributed by atoms with van der Waals surface area (Å²) < 4.78 is 7.26. The molecule has 0 bridgehead atoms. The Balaban J connectivity index is 1.31. The molecular formula is C43H26N4. The maximum Gasteiger partial charge on any atom is 0.0645 e. The Bertz CT molecular complexity index is 2720. The molecule has 0 unspecified atom stereocenters. The lowest BCUT2D eigenvalue weighted by Crippen LogP contribution is -1.97. The first-order valence-electron chi connectivity index (χ1n) is 16.1. The molecule has 0 aliphatic rings. The molecule has 0 aliphatic heterocycles. The molecule has 0 saturated carbocycles. The fourth-order valence-electron chi connectivity index (χ4n) is 8.24. The van der Waals surface area contributed by atoms with Crippen LogP contribution in [0.2, 0.25) is 0 Å². The van der Waals surface area contributed by atoms with Crippen molar-refractivity contribution in [3.8, 4) is 17.1 Å². The largest absolute Gasteiger partial charge is 0.309 e. The molecule has 0 spiro atoms. The van der Waals surface area contributed by atoms with Crippen LogP contribution in [0, 0.1) is 0 Å². The van der Waals surface area contributed by atoms with Gasteiger partial charge in [-0.1, -0.05) is 84.9 Å². The van der Waals surface area contributed by atoms with Gasteiger partial charge >= 0.3 is 0 Å². The predicted octanol–water partition coefficient (Wildman–Crippen LogP) is 11.0. The first-order valence-corrected chi connectivity index (χ1v) is 16.1.